The van der Waals surface area contributed by atoms with E-state index in [0.29, 0.717) is 5.56 Å². The zero-order valence-corrected chi connectivity index (χ0v) is 24.3. The molecule has 0 radical (unpaired) electrons. The second-order valence-electron chi connectivity index (χ2n) is 10.2. The van der Waals surface area contributed by atoms with E-state index < -0.39 is 0 Å². The van der Waals surface area contributed by atoms with Gasteiger partial charge in [0.05, 0.1) is 33.0 Å². The van der Waals surface area contributed by atoms with Crippen LogP contribution in [0.3, 0.4) is 0 Å². The van der Waals surface area contributed by atoms with Crippen LogP contribution in [0.5, 0.6) is 0 Å². The van der Waals surface area contributed by atoms with Crippen molar-refractivity contribution >= 4 is 38.4 Å². The summed E-state index contributed by atoms with van der Waals surface area (Å²) in [7, 11) is 0. The van der Waals surface area contributed by atoms with E-state index >= 15 is 0 Å². The molecule has 0 N–H and O–H groups in total. The molecule has 0 aliphatic carbocycles. The molecule has 0 atom stereocenters. The van der Waals surface area contributed by atoms with Crippen molar-refractivity contribution in [2.24, 2.45) is 0 Å². The molecule has 0 fully saturated rings. The van der Waals surface area contributed by atoms with Gasteiger partial charge in [0.2, 0.25) is 0 Å². The van der Waals surface area contributed by atoms with Crippen LogP contribution in [-0.2, 0) is 0 Å². The van der Waals surface area contributed by atoms with Crippen molar-refractivity contribution in [3.05, 3.63) is 145 Å². The van der Waals surface area contributed by atoms with Gasteiger partial charge in [-0.3, -0.25) is 4.57 Å². The first-order valence-electron chi connectivity index (χ1n) is 14.0. The lowest BCUT2D eigenvalue weighted by molar-refractivity contribution is 1.05. The Hall–Kier alpha value is -5.57. The third-order valence-electron chi connectivity index (χ3n) is 7.59. The number of fused-ring (bicyclic) bond motifs is 3. The normalized spacial score (nSPS) is 11.3. The number of rotatable bonds is 6. The molecule has 7 rings (SSSR count). The van der Waals surface area contributed by atoms with Crippen molar-refractivity contribution in [2.45, 2.75) is 6.92 Å². The highest BCUT2D eigenvalue weighted by atomic mass is 32.1. The van der Waals surface area contributed by atoms with Crippen LogP contribution >= 0.6 is 11.3 Å². The number of aryl methyl sites for hydroxylation is 1. The van der Waals surface area contributed by atoms with Crippen LogP contribution in [0.1, 0.15) is 17.0 Å². The van der Waals surface area contributed by atoms with Gasteiger partial charge in [-0.05, 0) is 36.8 Å². The van der Waals surface area contributed by atoms with E-state index in [9.17, 15) is 5.26 Å². The van der Waals surface area contributed by atoms with Gasteiger partial charge < -0.3 is 0 Å². The second-order valence-corrected chi connectivity index (χ2v) is 11.2. The Kier molecular flexibility index (Phi) is 6.75. The SMILES string of the molecule is C=C/C=C\c1c(C)nc(-c2ccc(-c3sc4c(c(-c5ccccc5)nc5ccccc54)c3C#N)cc2)n1-c1ccccc1. The average Bonchev–Trinajstić information content (AvgIpc) is 3.62. The van der Waals surface area contributed by atoms with Crippen LogP contribution in [-0.4, -0.2) is 14.5 Å². The first-order valence-corrected chi connectivity index (χ1v) is 14.8. The van der Waals surface area contributed by atoms with E-state index in [2.05, 4.69) is 71.8 Å². The zero-order valence-electron chi connectivity index (χ0n) is 23.5. The summed E-state index contributed by atoms with van der Waals surface area (Å²) in [6, 6.07) is 39.5. The number of thiophene rings is 1. The molecule has 43 heavy (non-hydrogen) atoms. The minimum absolute atomic E-state index is 0.656. The molecule has 3 aromatic heterocycles. The molecule has 4 nitrogen and oxygen atoms in total. The zero-order chi connectivity index (χ0) is 29.3. The Morgan fingerprint density at radius 3 is 2.19 bits per heavy atom. The molecule has 0 amide bonds. The number of nitrogens with zero attached hydrogens (tertiary/aromatic N) is 4. The molecule has 5 heteroatoms. The van der Waals surface area contributed by atoms with Crippen LogP contribution in [0, 0.1) is 18.3 Å². The van der Waals surface area contributed by atoms with Crippen molar-refractivity contribution in [1.29, 1.82) is 5.26 Å². The largest absolute Gasteiger partial charge is 0.293 e. The molecule has 0 bridgehead atoms. The van der Waals surface area contributed by atoms with Crippen molar-refractivity contribution in [1.82, 2.24) is 14.5 Å². The van der Waals surface area contributed by atoms with Crippen LogP contribution in [0.4, 0.5) is 0 Å². The average molecular weight is 571 g/mol. The van der Waals surface area contributed by atoms with Gasteiger partial charge >= 0.3 is 0 Å². The lowest BCUT2D eigenvalue weighted by Crippen LogP contribution is -1.99. The molecular weight excluding hydrogens is 545 g/mol. The van der Waals surface area contributed by atoms with Crippen molar-refractivity contribution in [3.8, 4) is 44.8 Å². The minimum Gasteiger partial charge on any atom is -0.293 e. The molecule has 204 valence electrons. The summed E-state index contributed by atoms with van der Waals surface area (Å²) >= 11 is 1.66. The molecule has 0 aliphatic rings. The van der Waals surface area contributed by atoms with Crippen LogP contribution in [0.25, 0.3) is 65.8 Å². The van der Waals surface area contributed by atoms with Crippen molar-refractivity contribution < 1.29 is 0 Å². The van der Waals surface area contributed by atoms with E-state index in [1.807, 2.05) is 73.7 Å². The number of benzene rings is 4. The van der Waals surface area contributed by atoms with Crippen molar-refractivity contribution in [2.75, 3.05) is 0 Å². The van der Waals surface area contributed by atoms with Gasteiger partial charge in [0.25, 0.3) is 0 Å². The summed E-state index contributed by atoms with van der Waals surface area (Å²) in [5, 5.41) is 12.5. The highest BCUT2D eigenvalue weighted by molar-refractivity contribution is 7.23. The third-order valence-corrected chi connectivity index (χ3v) is 8.86. The standard InChI is InChI=1S/C38H26N4S/c1-3-4-19-33-25(2)40-38(42(33)29-15-9-6-10-16-29)28-22-20-27(21-23-28)36-31(24-39)34-35(26-13-7-5-8-14-26)41-32-18-12-11-17-30(32)37(34)43-36/h3-23H,1H2,2H3/b19-4-. The second kappa shape index (κ2) is 11.0. The fourth-order valence-corrected chi connectivity index (χ4v) is 6.89. The number of nitriles is 1. The third kappa shape index (κ3) is 4.55. The molecule has 0 saturated carbocycles. The summed E-state index contributed by atoms with van der Waals surface area (Å²) in [5.41, 5.74) is 8.38. The predicted octanol–water partition coefficient (Wildman–Crippen LogP) is 10.0. The van der Waals surface area contributed by atoms with Crippen LogP contribution in [0.2, 0.25) is 0 Å². The van der Waals surface area contributed by atoms with Gasteiger partial charge in [0, 0.05) is 32.3 Å². The Bertz CT molecular complexity index is 2200. The number of allylic oxidation sites excluding steroid dienone is 2. The molecule has 4 aromatic carbocycles. The molecule has 7 aromatic rings. The Morgan fingerprint density at radius 1 is 0.791 bits per heavy atom. The number of pyridine rings is 1. The first-order chi connectivity index (χ1) is 21.2. The highest BCUT2D eigenvalue weighted by Crippen LogP contribution is 2.45. The maximum atomic E-state index is 10.5. The van der Waals surface area contributed by atoms with E-state index in [0.717, 1.165) is 71.2 Å². The molecule has 0 spiro atoms. The predicted molar refractivity (Wildman–Crippen MR) is 179 cm³/mol. The quantitative estimate of drug-likeness (QED) is 0.187. The maximum Gasteiger partial charge on any atom is 0.145 e. The van der Waals surface area contributed by atoms with Gasteiger partial charge in [-0.25, -0.2) is 9.97 Å². The number of para-hydroxylation sites is 2. The monoisotopic (exact) mass is 570 g/mol. The van der Waals surface area contributed by atoms with E-state index in [4.69, 9.17) is 9.97 Å². The molecule has 0 aliphatic heterocycles. The molecular formula is C38H26N4S. The lowest BCUT2D eigenvalue weighted by atomic mass is 10.00. The molecule has 3 heterocycles. The van der Waals surface area contributed by atoms with Gasteiger partial charge in [0.15, 0.2) is 0 Å². The van der Waals surface area contributed by atoms with Gasteiger partial charge in [-0.15, -0.1) is 11.3 Å². The topological polar surface area (TPSA) is 54.5 Å². The first kappa shape index (κ1) is 26.3. The smallest absolute Gasteiger partial charge is 0.145 e. The van der Waals surface area contributed by atoms with Gasteiger partial charge in [0.1, 0.15) is 11.9 Å². The van der Waals surface area contributed by atoms with Crippen LogP contribution < -0.4 is 0 Å². The number of hydrogen-bond donors (Lipinski definition) is 0. The summed E-state index contributed by atoms with van der Waals surface area (Å²) < 4.78 is 3.25. The number of aromatic nitrogens is 3. The van der Waals surface area contributed by atoms with Crippen molar-refractivity contribution in [3.63, 3.8) is 0 Å². The van der Waals surface area contributed by atoms with E-state index in [1.54, 1.807) is 17.4 Å². The highest BCUT2D eigenvalue weighted by Gasteiger charge is 2.22. The molecule has 0 unspecified atom stereocenters. The Balaban J connectivity index is 1.40. The van der Waals surface area contributed by atoms with Gasteiger partial charge in [-0.1, -0.05) is 110 Å². The van der Waals surface area contributed by atoms with Gasteiger partial charge in [-0.2, -0.15) is 5.26 Å². The minimum atomic E-state index is 0.656. The fourth-order valence-electron chi connectivity index (χ4n) is 5.60. The summed E-state index contributed by atoms with van der Waals surface area (Å²) in [6.07, 6.45) is 5.75. The summed E-state index contributed by atoms with van der Waals surface area (Å²) in [6.45, 7) is 5.86. The number of imidazole rings is 1. The molecule has 0 saturated heterocycles. The van der Waals surface area contributed by atoms with E-state index in [1.165, 1.54) is 0 Å². The summed E-state index contributed by atoms with van der Waals surface area (Å²) in [4.78, 5) is 11.0. The maximum absolute atomic E-state index is 10.5. The summed E-state index contributed by atoms with van der Waals surface area (Å²) in [5.74, 6) is 0.859. The Morgan fingerprint density at radius 2 is 1.47 bits per heavy atom. The van der Waals surface area contributed by atoms with Crippen LogP contribution in [0.15, 0.2) is 128 Å². The van der Waals surface area contributed by atoms with E-state index in [-0.39, 0.29) is 0 Å². The number of hydrogen-bond acceptors (Lipinski definition) is 4. The lowest BCUT2D eigenvalue weighted by Gasteiger charge is -2.11. The fraction of sp³-hybridized carbons (Fsp3) is 0.0263. The Labute approximate surface area is 254 Å².